The molecule has 4 rings (SSSR count). The van der Waals surface area contributed by atoms with Crippen LogP contribution in [0, 0.1) is 11.6 Å². The molecule has 0 saturated carbocycles. The smallest absolute Gasteiger partial charge is 0.238 e. The third-order valence-electron chi connectivity index (χ3n) is 4.02. The van der Waals surface area contributed by atoms with Gasteiger partial charge in [-0.15, -0.1) is 10.2 Å². The van der Waals surface area contributed by atoms with Crippen molar-refractivity contribution in [1.82, 2.24) is 19.7 Å². The van der Waals surface area contributed by atoms with Crippen molar-refractivity contribution in [2.45, 2.75) is 5.75 Å². The number of anilines is 1. The van der Waals surface area contributed by atoms with E-state index >= 15 is 0 Å². The normalized spacial score (nSPS) is 11.3. The van der Waals surface area contributed by atoms with E-state index < -0.39 is 27.4 Å². The summed E-state index contributed by atoms with van der Waals surface area (Å²) in [5, 5.41) is 8.02. The van der Waals surface area contributed by atoms with Crippen molar-refractivity contribution >= 4 is 15.7 Å². The van der Waals surface area contributed by atoms with Gasteiger partial charge in [0.25, 0.3) is 0 Å². The lowest BCUT2D eigenvalue weighted by atomic mass is 10.2. The molecule has 158 valence electrons. The Kier molecular flexibility index (Phi) is 5.58. The first-order valence-corrected chi connectivity index (χ1v) is 10.6. The zero-order valence-corrected chi connectivity index (χ0v) is 16.6. The fourth-order valence-corrected chi connectivity index (χ4v) is 3.91. The fourth-order valence-electron chi connectivity index (χ4n) is 2.74. The highest BCUT2D eigenvalue weighted by molar-refractivity contribution is 7.91. The summed E-state index contributed by atoms with van der Waals surface area (Å²) >= 11 is 0. The summed E-state index contributed by atoms with van der Waals surface area (Å²) in [6.45, 7) is 0. The predicted octanol–water partition coefficient (Wildman–Crippen LogP) is 3.67. The lowest BCUT2D eigenvalue weighted by molar-refractivity contribution is 0.454. The van der Waals surface area contributed by atoms with E-state index in [0.717, 1.165) is 12.1 Å². The molecule has 0 bridgehead atoms. The Balaban J connectivity index is 1.39. The SMILES string of the molecule is O=S(=O)(Cc1cc(F)cc(F)c1)Nc1ccc(Oc2ccc(-n3ccnc3)nn2)cc1. The van der Waals surface area contributed by atoms with Gasteiger partial charge in [-0.3, -0.25) is 9.29 Å². The van der Waals surface area contributed by atoms with Crippen LogP contribution in [0.3, 0.4) is 0 Å². The molecule has 2 aromatic carbocycles. The highest BCUT2D eigenvalue weighted by Crippen LogP contribution is 2.22. The lowest BCUT2D eigenvalue weighted by Gasteiger charge is -2.10. The Morgan fingerprint density at radius 2 is 1.71 bits per heavy atom. The van der Waals surface area contributed by atoms with E-state index in [2.05, 4.69) is 19.9 Å². The van der Waals surface area contributed by atoms with Crippen molar-refractivity contribution in [1.29, 1.82) is 0 Å². The van der Waals surface area contributed by atoms with Crippen LogP contribution < -0.4 is 9.46 Å². The maximum absolute atomic E-state index is 13.3. The maximum Gasteiger partial charge on any atom is 0.238 e. The molecule has 0 aliphatic rings. The van der Waals surface area contributed by atoms with Gasteiger partial charge in [-0.1, -0.05) is 0 Å². The molecule has 0 aliphatic carbocycles. The van der Waals surface area contributed by atoms with Gasteiger partial charge in [-0.25, -0.2) is 22.2 Å². The van der Waals surface area contributed by atoms with E-state index in [1.165, 1.54) is 12.1 Å². The third kappa shape index (κ3) is 5.39. The second-order valence-corrected chi connectivity index (χ2v) is 8.19. The number of sulfonamides is 1. The van der Waals surface area contributed by atoms with Gasteiger partial charge >= 0.3 is 0 Å². The average Bonchev–Trinajstić information content (AvgIpc) is 3.23. The van der Waals surface area contributed by atoms with Gasteiger partial charge < -0.3 is 4.74 Å². The van der Waals surface area contributed by atoms with Gasteiger partial charge in [0.1, 0.15) is 23.7 Å². The minimum absolute atomic E-state index is 0.00247. The van der Waals surface area contributed by atoms with Gasteiger partial charge in [-0.2, -0.15) is 0 Å². The molecule has 0 atom stereocenters. The van der Waals surface area contributed by atoms with E-state index in [0.29, 0.717) is 17.6 Å². The van der Waals surface area contributed by atoms with Gasteiger partial charge in [0.05, 0.1) is 5.75 Å². The first-order chi connectivity index (χ1) is 14.9. The molecule has 0 amide bonds. The van der Waals surface area contributed by atoms with Crippen LogP contribution in [-0.2, 0) is 15.8 Å². The van der Waals surface area contributed by atoms with Crippen LogP contribution in [0.1, 0.15) is 5.56 Å². The van der Waals surface area contributed by atoms with Gasteiger partial charge in [0.15, 0.2) is 5.82 Å². The third-order valence-corrected chi connectivity index (χ3v) is 5.28. The average molecular weight is 443 g/mol. The number of hydrogen-bond donors (Lipinski definition) is 1. The molecule has 0 saturated heterocycles. The van der Waals surface area contributed by atoms with Gasteiger partial charge in [-0.05, 0) is 48.0 Å². The Hall–Kier alpha value is -3.86. The summed E-state index contributed by atoms with van der Waals surface area (Å²) in [4.78, 5) is 3.94. The summed E-state index contributed by atoms with van der Waals surface area (Å²) in [6.07, 6.45) is 4.95. The Morgan fingerprint density at radius 3 is 2.32 bits per heavy atom. The van der Waals surface area contributed by atoms with Crippen molar-refractivity contribution in [3.63, 3.8) is 0 Å². The first-order valence-electron chi connectivity index (χ1n) is 8.92. The van der Waals surface area contributed by atoms with Crippen LogP contribution in [-0.4, -0.2) is 28.2 Å². The van der Waals surface area contributed by atoms with Crippen LogP contribution in [0.4, 0.5) is 14.5 Å². The van der Waals surface area contributed by atoms with Crippen LogP contribution in [0.2, 0.25) is 0 Å². The highest BCUT2D eigenvalue weighted by atomic mass is 32.2. The van der Waals surface area contributed by atoms with Crippen LogP contribution >= 0.6 is 0 Å². The van der Waals surface area contributed by atoms with E-state index in [9.17, 15) is 17.2 Å². The molecule has 0 spiro atoms. The van der Waals surface area contributed by atoms with Crippen molar-refractivity contribution in [2.75, 3.05) is 4.72 Å². The lowest BCUT2D eigenvalue weighted by Crippen LogP contribution is -2.15. The van der Waals surface area contributed by atoms with Crippen molar-refractivity contribution < 1.29 is 21.9 Å². The van der Waals surface area contributed by atoms with E-state index in [-0.39, 0.29) is 17.1 Å². The standard InChI is InChI=1S/C20H15F2N5O3S/c21-15-9-14(10-16(22)11-15)12-31(28,29)26-17-1-3-18(4-2-17)30-20-6-5-19(24-25-20)27-8-7-23-13-27/h1-11,13,26H,12H2. The molecular weight excluding hydrogens is 428 g/mol. The van der Waals surface area contributed by atoms with E-state index in [1.54, 1.807) is 47.6 Å². The van der Waals surface area contributed by atoms with Gasteiger partial charge in [0, 0.05) is 30.2 Å². The quantitative estimate of drug-likeness (QED) is 0.468. The number of ether oxygens (including phenoxy) is 1. The molecule has 2 heterocycles. The van der Waals surface area contributed by atoms with Crippen molar-refractivity contribution in [2.24, 2.45) is 0 Å². The summed E-state index contributed by atoms with van der Waals surface area (Å²) < 4.78 is 60.7. The second kappa shape index (κ2) is 8.48. The monoisotopic (exact) mass is 443 g/mol. The summed E-state index contributed by atoms with van der Waals surface area (Å²) in [5.74, 6) is -1.00. The van der Waals surface area contributed by atoms with Crippen molar-refractivity contribution in [3.05, 3.63) is 90.5 Å². The van der Waals surface area contributed by atoms with Crippen LogP contribution in [0.25, 0.3) is 5.82 Å². The van der Waals surface area contributed by atoms with Gasteiger partial charge in [0.2, 0.25) is 15.9 Å². The molecule has 0 unspecified atom stereocenters. The van der Waals surface area contributed by atoms with Crippen LogP contribution in [0.15, 0.2) is 73.3 Å². The Morgan fingerprint density at radius 1 is 0.968 bits per heavy atom. The second-order valence-electron chi connectivity index (χ2n) is 6.47. The predicted molar refractivity (Wildman–Crippen MR) is 108 cm³/mol. The molecule has 4 aromatic rings. The summed E-state index contributed by atoms with van der Waals surface area (Å²) in [7, 11) is -3.87. The van der Waals surface area contributed by atoms with E-state index in [1.807, 2.05) is 0 Å². The highest BCUT2D eigenvalue weighted by Gasteiger charge is 2.14. The van der Waals surface area contributed by atoms with Crippen molar-refractivity contribution in [3.8, 4) is 17.4 Å². The Bertz CT molecular complexity index is 1260. The largest absolute Gasteiger partial charge is 0.438 e. The summed E-state index contributed by atoms with van der Waals surface area (Å²) in [6, 6.07) is 12.0. The number of rotatable bonds is 7. The maximum atomic E-state index is 13.3. The topological polar surface area (TPSA) is 99.0 Å². The Labute approximate surface area is 176 Å². The number of aromatic nitrogens is 4. The minimum Gasteiger partial charge on any atom is -0.438 e. The number of nitrogens with one attached hydrogen (secondary N) is 1. The zero-order chi connectivity index (χ0) is 21.8. The number of imidazole rings is 1. The number of halogens is 2. The number of hydrogen-bond acceptors (Lipinski definition) is 6. The molecule has 2 aromatic heterocycles. The molecular formula is C20H15F2N5O3S. The first kappa shape index (κ1) is 20.4. The molecule has 0 fully saturated rings. The molecule has 8 nitrogen and oxygen atoms in total. The molecule has 0 radical (unpaired) electrons. The molecule has 1 N–H and O–H groups in total. The molecule has 0 aliphatic heterocycles. The molecule has 31 heavy (non-hydrogen) atoms. The van der Waals surface area contributed by atoms with E-state index in [4.69, 9.17) is 4.74 Å². The summed E-state index contributed by atoms with van der Waals surface area (Å²) in [5.41, 5.74) is 0.272. The molecule has 11 heteroatoms. The zero-order valence-electron chi connectivity index (χ0n) is 15.8. The number of nitrogens with zero attached hydrogens (tertiary/aromatic N) is 4. The minimum atomic E-state index is -3.87. The fraction of sp³-hybridized carbons (Fsp3) is 0.0500. The number of benzene rings is 2. The van der Waals surface area contributed by atoms with Crippen LogP contribution in [0.5, 0.6) is 11.6 Å².